The van der Waals surface area contributed by atoms with E-state index in [1.165, 1.54) is 28.3 Å². The summed E-state index contributed by atoms with van der Waals surface area (Å²) < 4.78 is 44.7. The van der Waals surface area contributed by atoms with Crippen LogP contribution in [0.25, 0.3) is 5.69 Å². The van der Waals surface area contributed by atoms with E-state index in [9.17, 15) is 18.0 Å². The van der Waals surface area contributed by atoms with Gasteiger partial charge in [-0.2, -0.15) is 23.4 Å². The van der Waals surface area contributed by atoms with Crippen LogP contribution < -0.4 is 4.74 Å². The van der Waals surface area contributed by atoms with Crippen LogP contribution in [0.15, 0.2) is 43.0 Å². The number of piperidine rings is 1. The molecule has 1 amide bonds. The Labute approximate surface area is 216 Å². The van der Waals surface area contributed by atoms with E-state index in [0.717, 1.165) is 17.7 Å². The molecule has 4 unspecified atom stereocenters. The normalized spacial score (nSPS) is 25.4. The fraction of sp³-hybridized carbons (Fsp3) is 0.409. The second kappa shape index (κ2) is 8.66. The lowest BCUT2D eigenvalue weighted by Crippen LogP contribution is -2.66. The second-order valence-corrected chi connectivity index (χ2v) is 9.41. The first kappa shape index (κ1) is 25.4. The van der Waals surface area contributed by atoms with E-state index in [4.69, 9.17) is 36.1 Å². The number of hydrogen-bond acceptors (Lipinski definition) is 6. The van der Waals surface area contributed by atoms with Gasteiger partial charge in [0.25, 0.3) is 5.91 Å². The minimum Gasteiger partial charge on any atom is -0.472 e. The Hall–Kier alpha value is -3.24. The number of amides is 1. The summed E-state index contributed by atoms with van der Waals surface area (Å²) in [4.78, 5) is 24.7. The molecule has 2 bridgehead atoms. The Morgan fingerprint density at radius 2 is 1.81 bits per heavy atom. The zero-order chi connectivity index (χ0) is 26.8. The fourth-order valence-corrected chi connectivity index (χ4v) is 5.18. The van der Waals surface area contributed by atoms with Crippen molar-refractivity contribution in [2.24, 2.45) is 5.92 Å². The average molecular weight is 498 g/mol. The molecule has 180 valence electrons. The third kappa shape index (κ3) is 4.21. The summed E-state index contributed by atoms with van der Waals surface area (Å²) in [6, 6.07) is 3.02. The molecule has 4 heterocycles. The van der Waals surface area contributed by atoms with Gasteiger partial charge in [-0.15, -0.1) is 9.91 Å². The molecule has 37 heavy (non-hydrogen) atoms. The lowest BCUT2D eigenvalue weighted by Gasteiger charge is -2.55. The van der Waals surface area contributed by atoms with E-state index in [2.05, 4.69) is 20.2 Å². The molecular formula is C22H17B4F3N6O2. The van der Waals surface area contributed by atoms with Gasteiger partial charge in [0.05, 0.1) is 47.5 Å². The van der Waals surface area contributed by atoms with Gasteiger partial charge in [0.1, 0.15) is 19.6 Å². The quantitative estimate of drug-likeness (QED) is 0.497. The lowest BCUT2D eigenvalue weighted by atomic mass is 9.29. The third-order valence-electron chi connectivity index (χ3n) is 6.91. The summed E-state index contributed by atoms with van der Waals surface area (Å²) in [7, 11) is 25.0. The van der Waals surface area contributed by atoms with E-state index in [1.807, 2.05) is 0 Å². The summed E-state index contributed by atoms with van der Waals surface area (Å²) in [6.07, 6.45) is 0.554. The molecule has 0 N–H and O–H groups in total. The number of aryl methyl sites for hydroxylation is 1. The largest absolute Gasteiger partial charge is 0.472 e. The van der Waals surface area contributed by atoms with Crippen LogP contribution in [-0.4, -0.2) is 84.7 Å². The van der Waals surface area contributed by atoms with Crippen LogP contribution in [-0.2, 0) is 6.18 Å². The van der Waals surface area contributed by atoms with Crippen molar-refractivity contribution in [2.75, 3.05) is 0 Å². The minimum absolute atomic E-state index is 0.0140. The summed E-state index contributed by atoms with van der Waals surface area (Å²) in [5.41, 5.74) is -1.54. The van der Waals surface area contributed by atoms with Crippen LogP contribution in [0.2, 0.25) is 5.11 Å². The molecule has 15 heteroatoms. The Bertz CT molecular complexity index is 1320. The van der Waals surface area contributed by atoms with Crippen LogP contribution in [0.3, 0.4) is 0 Å². The average Bonchev–Trinajstić information content (AvgIpc) is 3.54. The number of fused-ring (bicyclic) bond motifs is 2. The Morgan fingerprint density at radius 1 is 1.11 bits per heavy atom. The first-order valence-electron chi connectivity index (χ1n) is 11.3. The number of pyridine rings is 2. The number of halogens is 3. The van der Waals surface area contributed by atoms with Crippen LogP contribution in [0, 0.1) is 12.8 Å². The third-order valence-corrected chi connectivity index (χ3v) is 6.91. The molecule has 1 aliphatic heterocycles. The predicted molar refractivity (Wildman–Crippen MR) is 129 cm³/mol. The second-order valence-electron chi connectivity index (χ2n) is 9.41. The molecule has 8 radical (unpaired) electrons. The molecule has 1 saturated heterocycles. The van der Waals surface area contributed by atoms with Gasteiger partial charge in [0.15, 0.2) is 5.69 Å². The van der Waals surface area contributed by atoms with Gasteiger partial charge in [-0.3, -0.25) is 4.79 Å². The maximum Gasteiger partial charge on any atom is 0.417 e. The van der Waals surface area contributed by atoms with Crippen molar-refractivity contribution in [3.8, 4) is 11.6 Å². The first-order chi connectivity index (χ1) is 17.3. The van der Waals surface area contributed by atoms with Crippen molar-refractivity contribution in [3.63, 3.8) is 0 Å². The van der Waals surface area contributed by atoms with Crippen molar-refractivity contribution < 1.29 is 22.7 Å². The molecule has 1 saturated carbocycles. The monoisotopic (exact) mass is 498 g/mol. The highest BCUT2D eigenvalue weighted by atomic mass is 19.4. The highest BCUT2D eigenvalue weighted by Crippen LogP contribution is 2.55. The van der Waals surface area contributed by atoms with Gasteiger partial charge in [-0.25, -0.2) is 9.97 Å². The van der Waals surface area contributed by atoms with Crippen molar-refractivity contribution >= 4 is 37.3 Å². The van der Waals surface area contributed by atoms with E-state index < -0.39 is 46.3 Å². The number of alkyl halides is 3. The molecule has 1 aliphatic carbocycles. The highest BCUT2D eigenvalue weighted by Gasteiger charge is 2.63. The van der Waals surface area contributed by atoms with Gasteiger partial charge in [0.2, 0.25) is 5.88 Å². The Kier molecular flexibility index (Phi) is 5.95. The topological polar surface area (TPSA) is 86.0 Å². The van der Waals surface area contributed by atoms with Gasteiger partial charge in [-0.1, -0.05) is 0 Å². The Balaban J connectivity index is 1.50. The van der Waals surface area contributed by atoms with E-state index in [1.54, 1.807) is 13.0 Å². The van der Waals surface area contributed by atoms with Gasteiger partial charge in [-0.05, 0) is 48.8 Å². The number of rotatable bonds is 5. The smallest absolute Gasteiger partial charge is 0.417 e. The zero-order valence-corrected chi connectivity index (χ0v) is 19.6. The van der Waals surface area contributed by atoms with Crippen molar-refractivity contribution in [1.29, 1.82) is 0 Å². The summed E-state index contributed by atoms with van der Waals surface area (Å²) >= 11 is 0. The van der Waals surface area contributed by atoms with Crippen LogP contribution in [0.4, 0.5) is 13.2 Å². The molecule has 5 rings (SSSR count). The summed E-state index contributed by atoms with van der Waals surface area (Å²) in [5, 5.41) is 6.21. The molecule has 4 atom stereocenters. The fourth-order valence-electron chi connectivity index (χ4n) is 5.18. The SMILES string of the molecule is [B]C([B])([B])C1([B])C2CC(Oc3ccc(C(F)(F)F)cn3)C(C2)N1C(=O)c1ncc(C)cc1-n1nccn1. The molecule has 2 fully saturated rings. The van der Waals surface area contributed by atoms with Crippen LogP contribution in [0.5, 0.6) is 5.88 Å². The number of carbonyl (C=O) groups is 1. The van der Waals surface area contributed by atoms with E-state index >= 15 is 0 Å². The molecule has 2 aliphatic rings. The maximum atomic E-state index is 14.0. The summed E-state index contributed by atoms with van der Waals surface area (Å²) in [6.45, 7) is 1.80. The predicted octanol–water partition coefficient (Wildman–Crippen LogP) is 1.51. The lowest BCUT2D eigenvalue weighted by molar-refractivity contribution is -0.137. The molecule has 8 nitrogen and oxygen atoms in total. The van der Waals surface area contributed by atoms with Crippen molar-refractivity contribution in [3.05, 3.63) is 59.8 Å². The molecule has 3 aromatic heterocycles. The summed E-state index contributed by atoms with van der Waals surface area (Å²) in [5.74, 6) is -1.13. The highest BCUT2D eigenvalue weighted by molar-refractivity contribution is 6.62. The zero-order valence-electron chi connectivity index (χ0n) is 19.6. The standard InChI is InChI=1S/C22H17B4F3N6O2/c1-11-6-15(35-32-4-5-33-35)18(31-9-11)19(36)34-14-7-13(20(34,23)22(24,25)26)8-16(14)37-17-3-2-12(10-30-17)21(27,28)29/h2-6,9-10,13-14,16H,7-8H2,1H3. The minimum atomic E-state index is -4.53. The Morgan fingerprint density at radius 3 is 2.41 bits per heavy atom. The number of carbonyl (C=O) groups excluding carboxylic acids is 1. The number of nitrogens with zero attached hydrogens (tertiary/aromatic N) is 6. The van der Waals surface area contributed by atoms with Crippen LogP contribution >= 0.6 is 0 Å². The molecule has 3 aromatic rings. The number of aromatic nitrogens is 5. The van der Waals surface area contributed by atoms with Gasteiger partial charge >= 0.3 is 6.18 Å². The number of likely N-dealkylation sites (tertiary alicyclic amines) is 1. The maximum absolute atomic E-state index is 14.0. The molecule has 0 spiro atoms. The van der Waals surface area contributed by atoms with E-state index in [-0.39, 0.29) is 11.6 Å². The van der Waals surface area contributed by atoms with Crippen molar-refractivity contribution in [1.82, 2.24) is 29.9 Å². The number of hydrogen-bond donors (Lipinski definition) is 0. The van der Waals surface area contributed by atoms with Gasteiger partial charge in [0, 0.05) is 18.5 Å². The van der Waals surface area contributed by atoms with E-state index in [0.29, 0.717) is 24.7 Å². The first-order valence-corrected chi connectivity index (χ1v) is 11.3. The van der Waals surface area contributed by atoms with Crippen molar-refractivity contribution in [2.45, 2.75) is 48.6 Å². The molecule has 0 aromatic carbocycles. The van der Waals surface area contributed by atoms with Crippen LogP contribution in [0.1, 0.15) is 34.5 Å². The molecular weight excluding hydrogens is 481 g/mol. The number of ether oxygens (including phenoxy) is 1. The van der Waals surface area contributed by atoms with Gasteiger partial charge < -0.3 is 9.64 Å².